The van der Waals surface area contributed by atoms with Gasteiger partial charge in [0.1, 0.15) is 0 Å². The molecule has 1 aromatic heterocycles. The fourth-order valence-corrected chi connectivity index (χ4v) is 6.26. The second-order valence-corrected chi connectivity index (χ2v) is 11.0. The lowest BCUT2D eigenvalue weighted by Crippen LogP contribution is -2.28. The molecule has 8 nitrogen and oxygen atoms in total. The van der Waals surface area contributed by atoms with Crippen LogP contribution in [-0.2, 0) is 10.0 Å². The van der Waals surface area contributed by atoms with Gasteiger partial charge < -0.3 is 14.8 Å². The summed E-state index contributed by atoms with van der Waals surface area (Å²) in [4.78, 5) is 17.5. The summed E-state index contributed by atoms with van der Waals surface area (Å²) >= 11 is 1.40. The zero-order valence-electron chi connectivity index (χ0n) is 18.5. The highest BCUT2D eigenvalue weighted by atomic mass is 32.2. The third kappa shape index (κ3) is 4.79. The fraction of sp³-hybridized carbons (Fsp3) is 0.333. The Hall–Kier alpha value is -2.95. The molecule has 178 valence electrons. The molecule has 0 amide bonds. The summed E-state index contributed by atoms with van der Waals surface area (Å²) in [6.07, 6.45) is 2.57. The van der Waals surface area contributed by atoms with Gasteiger partial charge in [0.05, 0.1) is 30.3 Å². The van der Waals surface area contributed by atoms with Crippen molar-refractivity contribution in [2.75, 3.05) is 38.2 Å². The largest absolute Gasteiger partial charge is 0.490 e. The van der Waals surface area contributed by atoms with Crippen LogP contribution in [0.2, 0.25) is 0 Å². The second-order valence-electron chi connectivity index (χ2n) is 8.17. The molecule has 10 heteroatoms. The maximum absolute atomic E-state index is 12.8. The van der Waals surface area contributed by atoms with E-state index in [0.29, 0.717) is 42.7 Å². The minimum Gasteiger partial charge on any atom is -0.490 e. The number of rotatable bonds is 7. The van der Waals surface area contributed by atoms with E-state index in [0.717, 1.165) is 36.3 Å². The lowest BCUT2D eigenvalue weighted by Gasteiger charge is -2.15. The van der Waals surface area contributed by atoms with E-state index in [9.17, 15) is 13.2 Å². The Balaban J connectivity index is 1.25. The van der Waals surface area contributed by atoms with Gasteiger partial charge in [0, 0.05) is 36.0 Å². The van der Waals surface area contributed by atoms with E-state index in [4.69, 9.17) is 9.47 Å². The molecular formula is C24H25N3O5S2. The number of nitrogens with one attached hydrogen (secondary N) is 1. The summed E-state index contributed by atoms with van der Waals surface area (Å²) in [5, 5.41) is 5.58. The van der Waals surface area contributed by atoms with Crippen LogP contribution < -0.4 is 14.8 Å². The predicted octanol–water partition coefficient (Wildman–Crippen LogP) is 4.05. The van der Waals surface area contributed by atoms with E-state index in [1.807, 2.05) is 23.6 Å². The summed E-state index contributed by atoms with van der Waals surface area (Å²) in [7, 11) is -3.57. The highest BCUT2D eigenvalue weighted by molar-refractivity contribution is 7.89. The van der Waals surface area contributed by atoms with Gasteiger partial charge in [0.25, 0.3) is 0 Å². The highest BCUT2D eigenvalue weighted by Crippen LogP contribution is 2.35. The Kier molecular flexibility index (Phi) is 6.53. The van der Waals surface area contributed by atoms with Crippen LogP contribution in [-0.4, -0.2) is 56.3 Å². The zero-order chi connectivity index (χ0) is 23.5. The molecule has 0 aliphatic carbocycles. The number of ketones is 1. The third-order valence-corrected chi connectivity index (χ3v) is 8.50. The molecule has 0 spiro atoms. The molecular weight excluding hydrogens is 474 g/mol. The standard InChI is InChI=1S/C24H25N3O5S2/c28-21(18-5-3-6-19(13-18)34(29,30)27-9-1-2-10-27)15-25-24-26-20(16-33-24)17-7-8-22-23(14-17)32-12-4-11-31-22/h3,5-8,13-14,16H,1-2,4,9-12,15H2,(H,25,26). The first-order valence-corrected chi connectivity index (χ1v) is 13.6. The molecule has 0 bridgehead atoms. The maximum Gasteiger partial charge on any atom is 0.243 e. The minimum atomic E-state index is -3.57. The van der Waals surface area contributed by atoms with Gasteiger partial charge in [-0.3, -0.25) is 4.79 Å². The van der Waals surface area contributed by atoms with E-state index < -0.39 is 10.0 Å². The van der Waals surface area contributed by atoms with Crippen molar-refractivity contribution in [3.63, 3.8) is 0 Å². The molecule has 2 aromatic carbocycles. The molecule has 3 heterocycles. The van der Waals surface area contributed by atoms with Gasteiger partial charge in [-0.25, -0.2) is 13.4 Å². The normalized spacial score (nSPS) is 16.2. The first-order chi connectivity index (χ1) is 16.5. The quantitative estimate of drug-likeness (QED) is 0.490. The second kappa shape index (κ2) is 9.73. The van der Waals surface area contributed by atoms with Crippen molar-refractivity contribution in [3.8, 4) is 22.8 Å². The number of carbonyl (C=O) groups excluding carboxylic acids is 1. The maximum atomic E-state index is 12.8. The Labute approximate surface area is 202 Å². The Morgan fingerprint density at radius 3 is 2.65 bits per heavy atom. The zero-order valence-corrected chi connectivity index (χ0v) is 20.2. The number of ether oxygens (including phenoxy) is 2. The molecule has 5 rings (SSSR count). The molecule has 2 aliphatic heterocycles. The molecule has 0 saturated carbocycles. The number of hydrogen-bond acceptors (Lipinski definition) is 8. The third-order valence-electron chi connectivity index (χ3n) is 5.81. The lowest BCUT2D eigenvalue weighted by molar-refractivity contribution is 0.101. The van der Waals surface area contributed by atoms with Crippen molar-refractivity contribution in [1.82, 2.24) is 9.29 Å². The van der Waals surface area contributed by atoms with Gasteiger partial charge in [0.15, 0.2) is 22.4 Å². The van der Waals surface area contributed by atoms with Gasteiger partial charge in [-0.2, -0.15) is 4.31 Å². The number of hydrogen-bond donors (Lipinski definition) is 1. The Bertz CT molecular complexity index is 1300. The number of benzene rings is 2. The van der Waals surface area contributed by atoms with Crippen LogP contribution in [0.4, 0.5) is 5.13 Å². The summed E-state index contributed by atoms with van der Waals surface area (Å²) in [6, 6.07) is 12.0. The first kappa shape index (κ1) is 22.8. The molecule has 2 aliphatic rings. The highest BCUT2D eigenvalue weighted by Gasteiger charge is 2.27. The number of sulfonamides is 1. The van der Waals surface area contributed by atoms with Gasteiger partial charge in [-0.05, 0) is 43.2 Å². The van der Waals surface area contributed by atoms with Crippen molar-refractivity contribution >= 4 is 32.3 Å². The molecule has 1 fully saturated rings. The van der Waals surface area contributed by atoms with Crippen molar-refractivity contribution in [3.05, 3.63) is 53.4 Å². The number of anilines is 1. The van der Waals surface area contributed by atoms with Crippen molar-refractivity contribution < 1.29 is 22.7 Å². The monoisotopic (exact) mass is 499 g/mol. The molecule has 0 radical (unpaired) electrons. The molecule has 34 heavy (non-hydrogen) atoms. The summed E-state index contributed by atoms with van der Waals surface area (Å²) in [6.45, 7) is 2.32. The summed E-state index contributed by atoms with van der Waals surface area (Å²) in [5.41, 5.74) is 2.03. The van der Waals surface area contributed by atoms with E-state index in [-0.39, 0.29) is 17.2 Å². The summed E-state index contributed by atoms with van der Waals surface area (Å²) in [5.74, 6) is 1.23. The average Bonchev–Trinajstić information content (AvgIpc) is 3.51. The SMILES string of the molecule is O=C(CNc1nc(-c2ccc3c(c2)OCCCO3)cs1)c1cccc(S(=O)(=O)N2CCCC2)c1. The molecule has 1 N–H and O–H groups in total. The van der Waals surface area contributed by atoms with Crippen molar-refractivity contribution in [2.24, 2.45) is 0 Å². The fourth-order valence-electron chi connectivity index (χ4n) is 3.98. The van der Waals surface area contributed by atoms with Crippen LogP contribution in [0.3, 0.4) is 0 Å². The molecule has 1 saturated heterocycles. The van der Waals surface area contributed by atoms with E-state index in [2.05, 4.69) is 10.3 Å². The van der Waals surface area contributed by atoms with Gasteiger partial charge in [-0.15, -0.1) is 11.3 Å². The van der Waals surface area contributed by atoms with Crippen LogP contribution in [0.5, 0.6) is 11.5 Å². The number of thiazole rings is 1. The van der Waals surface area contributed by atoms with Crippen molar-refractivity contribution in [1.29, 1.82) is 0 Å². The van der Waals surface area contributed by atoms with E-state index in [1.54, 1.807) is 18.2 Å². The molecule has 0 atom stereocenters. The van der Waals surface area contributed by atoms with Crippen LogP contribution in [0.25, 0.3) is 11.3 Å². The van der Waals surface area contributed by atoms with Gasteiger partial charge in [-0.1, -0.05) is 12.1 Å². The van der Waals surface area contributed by atoms with Gasteiger partial charge >= 0.3 is 0 Å². The van der Waals surface area contributed by atoms with Crippen LogP contribution in [0, 0.1) is 0 Å². The lowest BCUT2D eigenvalue weighted by atomic mass is 10.1. The molecule has 0 unspecified atom stereocenters. The Morgan fingerprint density at radius 2 is 1.82 bits per heavy atom. The average molecular weight is 500 g/mol. The smallest absolute Gasteiger partial charge is 0.243 e. The van der Waals surface area contributed by atoms with Crippen LogP contribution >= 0.6 is 11.3 Å². The number of nitrogens with zero attached hydrogens (tertiary/aromatic N) is 2. The topological polar surface area (TPSA) is 97.8 Å². The number of carbonyl (C=O) groups is 1. The number of aromatic nitrogens is 1. The Morgan fingerprint density at radius 1 is 1.03 bits per heavy atom. The van der Waals surface area contributed by atoms with E-state index in [1.165, 1.54) is 21.7 Å². The van der Waals surface area contributed by atoms with Crippen molar-refractivity contribution in [2.45, 2.75) is 24.2 Å². The van der Waals surface area contributed by atoms with Crippen LogP contribution in [0.15, 0.2) is 52.7 Å². The van der Waals surface area contributed by atoms with Gasteiger partial charge in [0.2, 0.25) is 10.0 Å². The first-order valence-electron chi connectivity index (χ1n) is 11.2. The molecule has 3 aromatic rings. The van der Waals surface area contributed by atoms with E-state index >= 15 is 0 Å². The van der Waals surface area contributed by atoms with Crippen LogP contribution in [0.1, 0.15) is 29.6 Å². The minimum absolute atomic E-state index is 0.0152. The summed E-state index contributed by atoms with van der Waals surface area (Å²) < 4.78 is 38.5. The number of fused-ring (bicyclic) bond motifs is 1. The predicted molar refractivity (Wildman–Crippen MR) is 130 cm³/mol. The number of Topliss-reactive ketones (excluding diaryl/α,β-unsaturated/α-hetero) is 1.